The van der Waals surface area contributed by atoms with Crippen molar-refractivity contribution < 1.29 is 24.2 Å². The molecule has 5 heteroatoms. The highest BCUT2D eigenvalue weighted by molar-refractivity contribution is 5.76. The maximum Gasteiger partial charge on any atom is 0.506 e. The van der Waals surface area contributed by atoms with Gasteiger partial charge in [-0.15, -0.1) is 0 Å². The Hall–Kier alpha value is -1.26. The second kappa shape index (κ2) is 3.49. The highest BCUT2D eigenvalue weighted by atomic mass is 16.7. The number of ether oxygens (including phenoxy) is 2. The number of hydrogen-bond donors (Lipinski definition) is 1. The van der Waals surface area contributed by atoms with Crippen molar-refractivity contribution >= 4 is 12.1 Å². The monoisotopic (exact) mass is 278 g/mol. The summed E-state index contributed by atoms with van der Waals surface area (Å²) in [7, 11) is 0. The van der Waals surface area contributed by atoms with Crippen LogP contribution in [0.1, 0.15) is 19.3 Å². The highest BCUT2D eigenvalue weighted by Gasteiger charge is 2.70. The average molecular weight is 278 g/mol. The van der Waals surface area contributed by atoms with Crippen LogP contribution in [0.25, 0.3) is 0 Å². The van der Waals surface area contributed by atoms with Gasteiger partial charge in [0.25, 0.3) is 0 Å². The predicted octanol–water partition coefficient (Wildman–Crippen LogP) is 1.76. The Labute approximate surface area is 116 Å². The molecule has 1 saturated heterocycles. The molecular weight excluding hydrogens is 260 g/mol. The lowest BCUT2D eigenvalue weighted by Crippen LogP contribution is -2.43. The van der Waals surface area contributed by atoms with E-state index in [4.69, 9.17) is 14.6 Å². The quantitative estimate of drug-likeness (QED) is 0.584. The smallest absolute Gasteiger partial charge is 0.465 e. The lowest BCUT2D eigenvalue weighted by Gasteiger charge is -2.41. The molecule has 0 aromatic heterocycles. The maximum absolute atomic E-state index is 12.0. The third-order valence-corrected chi connectivity index (χ3v) is 7.02. The van der Waals surface area contributed by atoms with Gasteiger partial charge < -0.3 is 14.6 Å². The molecule has 5 aliphatic rings. The van der Waals surface area contributed by atoms with E-state index in [-0.39, 0.29) is 18.0 Å². The predicted molar refractivity (Wildman–Crippen MR) is 65.6 cm³/mol. The lowest BCUT2D eigenvalue weighted by atomic mass is 9.63. The van der Waals surface area contributed by atoms with Gasteiger partial charge >= 0.3 is 12.1 Å². The first-order chi connectivity index (χ1) is 9.65. The van der Waals surface area contributed by atoms with E-state index >= 15 is 0 Å². The van der Waals surface area contributed by atoms with Gasteiger partial charge in [-0.25, -0.2) is 4.79 Å². The lowest BCUT2D eigenvalue weighted by molar-refractivity contribution is -0.143. The molecule has 4 bridgehead atoms. The fourth-order valence-corrected chi connectivity index (χ4v) is 6.80. The van der Waals surface area contributed by atoms with Crippen molar-refractivity contribution in [3.05, 3.63) is 0 Å². The zero-order chi connectivity index (χ0) is 13.6. The van der Waals surface area contributed by atoms with Crippen molar-refractivity contribution in [3.63, 3.8) is 0 Å². The van der Waals surface area contributed by atoms with Crippen LogP contribution in [0.2, 0.25) is 0 Å². The van der Waals surface area contributed by atoms with Crippen LogP contribution in [0.3, 0.4) is 0 Å². The van der Waals surface area contributed by atoms with Crippen molar-refractivity contribution in [1.29, 1.82) is 0 Å². The fourth-order valence-electron chi connectivity index (χ4n) is 6.80. The molecule has 108 valence electrons. The number of carboxylic acid groups (broad SMARTS) is 1. The molecule has 5 fully saturated rings. The van der Waals surface area contributed by atoms with E-state index in [9.17, 15) is 9.59 Å². The van der Waals surface area contributed by atoms with Gasteiger partial charge in [-0.3, -0.25) is 4.79 Å². The second-order valence-corrected chi connectivity index (χ2v) is 7.36. The zero-order valence-corrected chi connectivity index (χ0v) is 11.1. The van der Waals surface area contributed by atoms with Crippen LogP contribution in [0, 0.1) is 47.3 Å². The maximum atomic E-state index is 12.0. The SMILES string of the molecule is O=C(O)OC1CC2CC1C1C3CC(C4COC(=O)C43)C21. The first-order valence-corrected chi connectivity index (χ1v) is 7.71. The van der Waals surface area contributed by atoms with Gasteiger partial charge in [-0.1, -0.05) is 0 Å². The van der Waals surface area contributed by atoms with Crippen LogP contribution in [0.4, 0.5) is 4.79 Å². The Morgan fingerprint density at radius 1 is 1.10 bits per heavy atom. The Bertz CT molecular complexity index is 502. The zero-order valence-electron chi connectivity index (χ0n) is 11.1. The van der Waals surface area contributed by atoms with Crippen LogP contribution in [0.15, 0.2) is 0 Å². The van der Waals surface area contributed by atoms with Crippen LogP contribution in [0.5, 0.6) is 0 Å². The molecule has 0 spiro atoms. The summed E-state index contributed by atoms with van der Waals surface area (Å²) in [5.41, 5.74) is 0. The van der Waals surface area contributed by atoms with Crippen molar-refractivity contribution in [2.24, 2.45) is 47.3 Å². The molecule has 0 radical (unpaired) electrons. The summed E-state index contributed by atoms with van der Waals surface area (Å²) in [5.74, 6) is 3.80. The Balaban J connectivity index is 1.46. The molecule has 1 N–H and O–H groups in total. The molecule has 0 amide bonds. The topological polar surface area (TPSA) is 72.8 Å². The number of esters is 1. The van der Waals surface area contributed by atoms with Gasteiger partial charge in [0, 0.05) is 5.92 Å². The standard InChI is InChI=1S/C15H18O5/c16-14-13-8-3-6(9(13)4-19-14)11-5-1-7(12(8)11)10(2-5)20-15(17)18/h5-13H,1-4H2,(H,17,18). The van der Waals surface area contributed by atoms with Crippen LogP contribution in [-0.4, -0.2) is 29.9 Å². The normalized spacial score (nSPS) is 57.6. The minimum Gasteiger partial charge on any atom is -0.465 e. The van der Waals surface area contributed by atoms with Gasteiger partial charge in [0.2, 0.25) is 0 Å². The van der Waals surface area contributed by atoms with E-state index in [1.165, 1.54) is 0 Å². The van der Waals surface area contributed by atoms with Gasteiger partial charge in [0.15, 0.2) is 0 Å². The molecule has 5 nitrogen and oxygen atoms in total. The van der Waals surface area contributed by atoms with E-state index in [0.717, 1.165) is 19.3 Å². The van der Waals surface area contributed by atoms with E-state index in [0.29, 0.717) is 48.0 Å². The molecule has 4 aliphatic carbocycles. The van der Waals surface area contributed by atoms with Crippen LogP contribution < -0.4 is 0 Å². The summed E-state index contributed by atoms with van der Waals surface area (Å²) in [6, 6.07) is 0. The Kier molecular flexibility index (Phi) is 1.99. The highest BCUT2D eigenvalue weighted by Crippen LogP contribution is 2.71. The van der Waals surface area contributed by atoms with E-state index in [1.54, 1.807) is 0 Å². The van der Waals surface area contributed by atoms with Crippen LogP contribution in [-0.2, 0) is 14.3 Å². The number of carbonyl (C=O) groups is 2. The van der Waals surface area contributed by atoms with Gasteiger partial charge in [-0.05, 0) is 54.8 Å². The van der Waals surface area contributed by atoms with Crippen molar-refractivity contribution in [1.82, 2.24) is 0 Å². The molecule has 4 saturated carbocycles. The first-order valence-electron chi connectivity index (χ1n) is 7.71. The van der Waals surface area contributed by atoms with Crippen LogP contribution >= 0.6 is 0 Å². The second-order valence-electron chi connectivity index (χ2n) is 7.36. The molecule has 9 atom stereocenters. The molecule has 9 unspecified atom stereocenters. The van der Waals surface area contributed by atoms with Crippen molar-refractivity contribution in [3.8, 4) is 0 Å². The summed E-state index contributed by atoms with van der Waals surface area (Å²) in [4.78, 5) is 22.8. The summed E-state index contributed by atoms with van der Waals surface area (Å²) >= 11 is 0. The number of carbonyl (C=O) groups excluding carboxylic acids is 1. The molecule has 1 aliphatic heterocycles. The summed E-state index contributed by atoms with van der Waals surface area (Å²) in [6.45, 7) is 0.625. The van der Waals surface area contributed by atoms with Gasteiger partial charge in [-0.2, -0.15) is 0 Å². The van der Waals surface area contributed by atoms with Gasteiger partial charge in [0.05, 0.1) is 12.5 Å². The average Bonchev–Trinajstić information content (AvgIpc) is 3.10. The molecule has 5 rings (SSSR count). The fraction of sp³-hybridized carbons (Fsp3) is 0.867. The first kappa shape index (κ1) is 11.4. The van der Waals surface area contributed by atoms with E-state index in [1.807, 2.05) is 0 Å². The molecular formula is C15H18O5. The number of rotatable bonds is 1. The van der Waals surface area contributed by atoms with E-state index in [2.05, 4.69) is 0 Å². The molecule has 0 aromatic carbocycles. The van der Waals surface area contributed by atoms with Crippen molar-refractivity contribution in [2.75, 3.05) is 6.61 Å². The molecule has 0 aromatic rings. The number of cyclic esters (lactones) is 1. The summed E-state index contributed by atoms with van der Waals surface area (Å²) in [6.07, 6.45) is 1.88. The summed E-state index contributed by atoms with van der Waals surface area (Å²) < 4.78 is 10.4. The summed E-state index contributed by atoms with van der Waals surface area (Å²) in [5, 5.41) is 8.87. The third kappa shape index (κ3) is 1.16. The van der Waals surface area contributed by atoms with Crippen molar-refractivity contribution in [2.45, 2.75) is 25.4 Å². The largest absolute Gasteiger partial charge is 0.506 e. The molecule has 1 heterocycles. The van der Waals surface area contributed by atoms with E-state index < -0.39 is 6.16 Å². The minimum atomic E-state index is -1.15. The Morgan fingerprint density at radius 2 is 1.95 bits per heavy atom. The van der Waals surface area contributed by atoms with Gasteiger partial charge in [0.1, 0.15) is 6.10 Å². The Morgan fingerprint density at radius 3 is 2.75 bits per heavy atom. The molecule has 20 heavy (non-hydrogen) atoms. The third-order valence-electron chi connectivity index (χ3n) is 7.02. The number of fused-ring (bicyclic) bond motifs is 12. The minimum absolute atomic E-state index is 0.000531. The number of hydrogen-bond acceptors (Lipinski definition) is 4.